The van der Waals surface area contributed by atoms with Gasteiger partial charge < -0.3 is 14.6 Å². The summed E-state index contributed by atoms with van der Waals surface area (Å²) in [4.78, 5) is 19.3. The van der Waals surface area contributed by atoms with Crippen molar-refractivity contribution in [1.82, 2.24) is 14.3 Å². The fourth-order valence-corrected chi connectivity index (χ4v) is 2.76. The Morgan fingerprint density at radius 3 is 2.83 bits per heavy atom. The highest BCUT2D eigenvalue weighted by Gasteiger charge is 2.20. The summed E-state index contributed by atoms with van der Waals surface area (Å²) in [5, 5.41) is 3.51. The Hall–Kier alpha value is -2.37. The van der Waals surface area contributed by atoms with Gasteiger partial charge in [0.1, 0.15) is 5.65 Å². The largest absolute Gasteiger partial charge is 0.320 e. The number of rotatable bonds is 4. The van der Waals surface area contributed by atoms with Crippen molar-refractivity contribution in [3.63, 3.8) is 0 Å². The highest BCUT2D eigenvalue weighted by Crippen LogP contribution is 2.22. The summed E-state index contributed by atoms with van der Waals surface area (Å²) in [5.41, 5.74) is 3.68. The van der Waals surface area contributed by atoms with Crippen molar-refractivity contribution < 1.29 is 4.79 Å². The number of hydrogen-bond acceptors (Lipinski definition) is 3. The first-order valence-corrected chi connectivity index (χ1v) is 8.01. The molecule has 0 radical (unpaired) electrons. The fraction of sp³-hybridized carbons (Fsp3) is 0.222. The van der Waals surface area contributed by atoms with Gasteiger partial charge in [0, 0.05) is 23.5 Å². The lowest BCUT2D eigenvalue weighted by Gasteiger charge is -2.12. The molecular weight excluding hydrogens is 324 g/mol. The zero-order valence-corrected chi connectivity index (χ0v) is 14.6. The van der Waals surface area contributed by atoms with Crippen LogP contribution in [0.25, 0.3) is 5.65 Å². The molecule has 2 heterocycles. The minimum Gasteiger partial charge on any atom is -0.320 e. The van der Waals surface area contributed by atoms with Crippen LogP contribution in [0.2, 0.25) is 5.02 Å². The van der Waals surface area contributed by atoms with E-state index in [9.17, 15) is 4.79 Å². The number of pyridine rings is 1. The SMILES string of the molecule is Cc1ccc(Cl)cc1NC(=O)c1nc2ccccn2c1CN(C)C. The maximum absolute atomic E-state index is 12.8. The van der Waals surface area contributed by atoms with Crippen LogP contribution in [0.1, 0.15) is 21.7 Å². The van der Waals surface area contributed by atoms with Gasteiger partial charge in [-0.2, -0.15) is 0 Å². The van der Waals surface area contributed by atoms with Gasteiger partial charge in [-0.05, 0) is 50.8 Å². The molecule has 2 aromatic heterocycles. The maximum atomic E-state index is 12.8. The first kappa shape index (κ1) is 16.5. The number of carbonyl (C=O) groups is 1. The average molecular weight is 343 g/mol. The Labute approximate surface area is 145 Å². The molecule has 5 nitrogen and oxygen atoms in total. The first-order chi connectivity index (χ1) is 11.5. The van der Waals surface area contributed by atoms with E-state index in [2.05, 4.69) is 10.3 Å². The van der Waals surface area contributed by atoms with Crippen LogP contribution in [-0.4, -0.2) is 34.3 Å². The second-order valence-electron chi connectivity index (χ2n) is 5.99. The molecule has 0 aliphatic carbocycles. The smallest absolute Gasteiger partial charge is 0.276 e. The molecule has 0 fully saturated rings. The quantitative estimate of drug-likeness (QED) is 0.788. The number of halogens is 1. The third-order valence-electron chi connectivity index (χ3n) is 3.76. The fourth-order valence-electron chi connectivity index (χ4n) is 2.59. The number of benzene rings is 1. The van der Waals surface area contributed by atoms with Gasteiger partial charge in [0.2, 0.25) is 0 Å². The molecule has 0 aliphatic rings. The van der Waals surface area contributed by atoms with Gasteiger partial charge in [-0.3, -0.25) is 4.79 Å². The van der Waals surface area contributed by atoms with Crippen molar-refractivity contribution in [2.75, 3.05) is 19.4 Å². The number of amides is 1. The summed E-state index contributed by atoms with van der Waals surface area (Å²) in [6.07, 6.45) is 1.92. The highest BCUT2D eigenvalue weighted by molar-refractivity contribution is 6.31. The Balaban J connectivity index is 2.01. The van der Waals surface area contributed by atoms with Gasteiger partial charge in [-0.1, -0.05) is 23.7 Å². The Bertz CT molecular complexity index is 901. The third kappa shape index (κ3) is 3.27. The molecule has 0 aliphatic heterocycles. The Morgan fingerprint density at radius 2 is 2.08 bits per heavy atom. The van der Waals surface area contributed by atoms with Gasteiger partial charge in [-0.15, -0.1) is 0 Å². The van der Waals surface area contributed by atoms with E-state index in [1.807, 2.05) is 60.8 Å². The van der Waals surface area contributed by atoms with E-state index in [1.54, 1.807) is 12.1 Å². The molecular formula is C18H19ClN4O. The number of nitrogens with zero attached hydrogens (tertiary/aromatic N) is 3. The first-order valence-electron chi connectivity index (χ1n) is 7.64. The molecule has 0 unspecified atom stereocenters. The number of nitrogens with one attached hydrogen (secondary N) is 1. The standard InChI is InChI=1S/C18H19ClN4O/c1-12-7-8-13(19)10-14(12)20-18(24)17-15(11-22(2)3)23-9-5-4-6-16(23)21-17/h4-10H,11H2,1-3H3,(H,20,24). The van der Waals surface area contributed by atoms with Gasteiger partial charge in [0.15, 0.2) is 5.69 Å². The zero-order chi connectivity index (χ0) is 17.3. The number of imidazole rings is 1. The van der Waals surface area contributed by atoms with Crippen molar-refractivity contribution in [3.8, 4) is 0 Å². The predicted molar refractivity (Wildman–Crippen MR) is 96.7 cm³/mol. The molecule has 1 aromatic carbocycles. The molecule has 1 amide bonds. The summed E-state index contributed by atoms with van der Waals surface area (Å²) in [5.74, 6) is -0.235. The number of anilines is 1. The number of fused-ring (bicyclic) bond motifs is 1. The molecule has 6 heteroatoms. The second kappa shape index (κ2) is 6.63. The molecule has 24 heavy (non-hydrogen) atoms. The second-order valence-corrected chi connectivity index (χ2v) is 6.42. The van der Waals surface area contributed by atoms with Crippen molar-refractivity contribution in [3.05, 3.63) is 64.6 Å². The summed E-state index contributed by atoms with van der Waals surface area (Å²) < 4.78 is 1.94. The number of aryl methyl sites for hydroxylation is 1. The molecule has 0 saturated carbocycles. The summed E-state index contributed by atoms with van der Waals surface area (Å²) in [6, 6.07) is 11.1. The van der Waals surface area contributed by atoms with Crippen LogP contribution >= 0.6 is 11.6 Å². The topological polar surface area (TPSA) is 49.6 Å². The number of aromatic nitrogens is 2. The van der Waals surface area contributed by atoms with Crippen LogP contribution in [0.3, 0.4) is 0 Å². The number of hydrogen-bond donors (Lipinski definition) is 1. The minimum atomic E-state index is -0.235. The summed E-state index contributed by atoms with van der Waals surface area (Å²) in [6.45, 7) is 2.54. The predicted octanol–water partition coefficient (Wildman–Crippen LogP) is 3.61. The van der Waals surface area contributed by atoms with E-state index < -0.39 is 0 Å². The molecule has 0 bridgehead atoms. The Kier molecular flexibility index (Phi) is 4.55. The van der Waals surface area contributed by atoms with Crippen LogP contribution in [0.4, 0.5) is 5.69 Å². The van der Waals surface area contributed by atoms with Crippen LogP contribution < -0.4 is 5.32 Å². The van der Waals surface area contributed by atoms with Gasteiger partial charge >= 0.3 is 0 Å². The third-order valence-corrected chi connectivity index (χ3v) is 3.99. The van der Waals surface area contributed by atoms with Crippen molar-refractivity contribution in [2.24, 2.45) is 0 Å². The van der Waals surface area contributed by atoms with Crippen LogP contribution in [0.5, 0.6) is 0 Å². The zero-order valence-electron chi connectivity index (χ0n) is 13.9. The lowest BCUT2D eigenvalue weighted by molar-refractivity contribution is 0.102. The molecule has 124 valence electrons. The minimum absolute atomic E-state index is 0.235. The van der Waals surface area contributed by atoms with Crippen LogP contribution in [0, 0.1) is 6.92 Å². The lowest BCUT2D eigenvalue weighted by Crippen LogP contribution is -2.19. The number of carbonyl (C=O) groups excluding carboxylic acids is 1. The average Bonchev–Trinajstić information content (AvgIpc) is 2.89. The Morgan fingerprint density at radius 1 is 1.29 bits per heavy atom. The molecule has 3 aromatic rings. The molecule has 0 spiro atoms. The summed E-state index contributed by atoms with van der Waals surface area (Å²) in [7, 11) is 3.93. The van der Waals surface area contributed by atoms with E-state index in [-0.39, 0.29) is 5.91 Å². The molecule has 1 N–H and O–H groups in total. The van der Waals surface area contributed by atoms with Crippen LogP contribution in [-0.2, 0) is 6.54 Å². The normalized spacial score (nSPS) is 11.2. The summed E-state index contributed by atoms with van der Waals surface area (Å²) >= 11 is 6.03. The van der Waals surface area contributed by atoms with Gasteiger partial charge in [-0.25, -0.2) is 4.98 Å². The van der Waals surface area contributed by atoms with Crippen molar-refractivity contribution in [1.29, 1.82) is 0 Å². The lowest BCUT2D eigenvalue weighted by atomic mass is 10.2. The van der Waals surface area contributed by atoms with Crippen LogP contribution in [0.15, 0.2) is 42.6 Å². The van der Waals surface area contributed by atoms with Gasteiger partial charge in [0.05, 0.1) is 5.69 Å². The molecule has 3 rings (SSSR count). The van der Waals surface area contributed by atoms with Crippen molar-refractivity contribution in [2.45, 2.75) is 13.5 Å². The highest BCUT2D eigenvalue weighted by atomic mass is 35.5. The van der Waals surface area contributed by atoms with Crippen molar-refractivity contribution >= 4 is 28.8 Å². The molecule has 0 atom stereocenters. The van der Waals surface area contributed by atoms with Gasteiger partial charge in [0.25, 0.3) is 5.91 Å². The monoisotopic (exact) mass is 342 g/mol. The van der Waals surface area contributed by atoms with E-state index in [0.29, 0.717) is 22.9 Å². The van der Waals surface area contributed by atoms with E-state index in [4.69, 9.17) is 11.6 Å². The van der Waals surface area contributed by atoms with E-state index in [0.717, 1.165) is 16.9 Å². The van der Waals surface area contributed by atoms with E-state index in [1.165, 1.54) is 0 Å². The molecule has 0 saturated heterocycles. The van der Waals surface area contributed by atoms with E-state index >= 15 is 0 Å². The maximum Gasteiger partial charge on any atom is 0.276 e.